The zero-order valence-electron chi connectivity index (χ0n) is 9.87. The van der Waals surface area contributed by atoms with Crippen molar-refractivity contribution in [1.82, 2.24) is 4.98 Å². The lowest BCUT2D eigenvalue weighted by Gasteiger charge is -2.21. The summed E-state index contributed by atoms with van der Waals surface area (Å²) in [6, 6.07) is 3.07. The summed E-state index contributed by atoms with van der Waals surface area (Å²) in [5.41, 5.74) is 0.248. The van der Waals surface area contributed by atoms with Crippen LogP contribution in [-0.2, 0) is 4.79 Å². The van der Waals surface area contributed by atoms with E-state index in [2.05, 4.69) is 4.98 Å². The first-order chi connectivity index (χ1) is 8.49. The molecule has 1 aromatic rings. The molecule has 1 heterocycles. The molecule has 1 aliphatic rings. The van der Waals surface area contributed by atoms with Crippen LogP contribution in [0.2, 0.25) is 0 Å². The second-order valence-electron chi connectivity index (χ2n) is 4.28. The van der Waals surface area contributed by atoms with Crippen molar-refractivity contribution in [3.63, 3.8) is 0 Å². The Bertz CT molecular complexity index is 499. The number of carboxylic acids is 1. The van der Waals surface area contributed by atoms with Gasteiger partial charge in [-0.05, 0) is 25.8 Å². The van der Waals surface area contributed by atoms with E-state index in [0.717, 1.165) is 12.8 Å². The standard InChI is InChI=1S/C11H13N3O4/c1-7-9(14(17)18)4-5-10(12-7)13(6-11(15)16)8-2-3-8/h4-5,8H,2-3,6H2,1H3,(H,15,16). The minimum absolute atomic E-state index is 0.0511. The molecule has 0 saturated heterocycles. The van der Waals surface area contributed by atoms with Crippen LogP contribution in [-0.4, -0.2) is 33.6 Å². The van der Waals surface area contributed by atoms with Crippen molar-refractivity contribution in [1.29, 1.82) is 0 Å². The van der Waals surface area contributed by atoms with Crippen molar-refractivity contribution in [2.75, 3.05) is 11.4 Å². The van der Waals surface area contributed by atoms with Crippen LogP contribution in [0.4, 0.5) is 11.5 Å². The molecule has 0 atom stereocenters. The van der Waals surface area contributed by atoms with Crippen molar-refractivity contribution in [2.45, 2.75) is 25.8 Å². The van der Waals surface area contributed by atoms with Crippen LogP contribution in [0.25, 0.3) is 0 Å². The van der Waals surface area contributed by atoms with Crippen molar-refractivity contribution in [3.05, 3.63) is 27.9 Å². The smallest absolute Gasteiger partial charge is 0.323 e. The van der Waals surface area contributed by atoms with E-state index >= 15 is 0 Å². The fourth-order valence-electron chi connectivity index (χ4n) is 1.82. The number of rotatable bonds is 5. The van der Waals surface area contributed by atoms with E-state index in [-0.39, 0.29) is 18.3 Å². The quantitative estimate of drug-likeness (QED) is 0.626. The van der Waals surface area contributed by atoms with Gasteiger partial charge in [-0.3, -0.25) is 14.9 Å². The number of carbonyl (C=O) groups is 1. The Hall–Kier alpha value is -2.18. The zero-order valence-corrected chi connectivity index (χ0v) is 9.87. The van der Waals surface area contributed by atoms with Gasteiger partial charge in [0, 0.05) is 12.1 Å². The summed E-state index contributed by atoms with van der Waals surface area (Å²) in [5, 5.41) is 19.5. The van der Waals surface area contributed by atoms with Crippen LogP contribution >= 0.6 is 0 Å². The molecule has 0 amide bonds. The monoisotopic (exact) mass is 251 g/mol. The van der Waals surface area contributed by atoms with E-state index in [9.17, 15) is 14.9 Å². The third-order valence-corrected chi connectivity index (χ3v) is 2.83. The van der Waals surface area contributed by atoms with Gasteiger partial charge in [0.1, 0.15) is 18.1 Å². The van der Waals surface area contributed by atoms with Gasteiger partial charge >= 0.3 is 5.97 Å². The minimum Gasteiger partial charge on any atom is -0.480 e. The predicted molar refractivity (Wildman–Crippen MR) is 63.6 cm³/mol. The SMILES string of the molecule is Cc1nc(N(CC(=O)O)C2CC2)ccc1[N+](=O)[O-]. The van der Waals surface area contributed by atoms with E-state index in [0.29, 0.717) is 11.5 Å². The van der Waals surface area contributed by atoms with Gasteiger partial charge in [0.15, 0.2) is 0 Å². The van der Waals surface area contributed by atoms with Crippen molar-refractivity contribution >= 4 is 17.5 Å². The molecular formula is C11H13N3O4. The van der Waals surface area contributed by atoms with Crippen molar-refractivity contribution < 1.29 is 14.8 Å². The Morgan fingerprint density at radius 2 is 2.28 bits per heavy atom. The van der Waals surface area contributed by atoms with E-state index in [1.54, 1.807) is 11.8 Å². The molecule has 0 aromatic carbocycles. The van der Waals surface area contributed by atoms with Gasteiger partial charge in [-0.25, -0.2) is 4.98 Å². The largest absolute Gasteiger partial charge is 0.480 e. The molecule has 2 rings (SSSR count). The second-order valence-corrected chi connectivity index (χ2v) is 4.28. The Labute approximate surface area is 103 Å². The van der Waals surface area contributed by atoms with Gasteiger partial charge in [-0.1, -0.05) is 0 Å². The van der Waals surface area contributed by atoms with Gasteiger partial charge in [-0.2, -0.15) is 0 Å². The lowest BCUT2D eigenvalue weighted by atomic mass is 10.3. The number of nitro groups is 1. The van der Waals surface area contributed by atoms with Crippen molar-refractivity contribution in [2.24, 2.45) is 0 Å². The van der Waals surface area contributed by atoms with Crippen LogP contribution in [0.15, 0.2) is 12.1 Å². The number of carboxylic acid groups (broad SMARTS) is 1. The lowest BCUT2D eigenvalue weighted by Crippen LogP contribution is -2.32. The molecule has 7 nitrogen and oxygen atoms in total. The molecule has 0 spiro atoms. The normalized spacial score (nSPS) is 14.3. The van der Waals surface area contributed by atoms with Gasteiger partial charge in [-0.15, -0.1) is 0 Å². The highest BCUT2D eigenvalue weighted by atomic mass is 16.6. The molecule has 0 bridgehead atoms. The third-order valence-electron chi connectivity index (χ3n) is 2.83. The lowest BCUT2D eigenvalue weighted by molar-refractivity contribution is -0.385. The average Bonchev–Trinajstić information content (AvgIpc) is 3.08. The molecular weight excluding hydrogens is 238 g/mol. The fourth-order valence-corrected chi connectivity index (χ4v) is 1.82. The number of hydrogen-bond donors (Lipinski definition) is 1. The fraction of sp³-hybridized carbons (Fsp3) is 0.455. The Balaban J connectivity index is 2.28. The summed E-state index contributed by atoms with van der Waals surface area (Å²) in [6.45, 7) is 1.42. The van der Waals surface area contributed by atoms with Gasteiger partial charge < -0.3 is 10.0 Å². The Morgan fingerprint density at radius 3 is 2.72 bits per heavy atom. The molecule has 1 aromatic heterocycles. The number of aryl methyl sites for hydroxylation is 1. The predicted octanol–water partition coefficient (Wildman–Crippen LogP) is 1.35. The summed E-state index contributed by atoms with van der Waals surface area (Å²) < 4.78 is 0. The molecule has 1 aliphatic carbocycles. The summed E-state index contributed by atoms with van der Waals surface area (Å²) in [5.74, 6) is -0.442. The van der Waals surface area contributed by atoms with Crippen LogP contribution in [0.3, 0.4) is 0 Å². The maximum Gasteiger partial charge on any atom is 0.323 e. The third kappa shape index (κ3) is 2.55. The number of anilines is 1. The van der Waals surface area contributed by atoms with Gasteiger partial charge in [0.05, 0.1) is 4.92 Å². The Morgan fingerprint density at radius 1 is 1.61 bits per heavy atom. The van der Waals surface area contributed by atoms with Crippen molar-refractivity contribution in [3.8, 4) is 0 Å². The molecule has 96 valence electrons. The minimum atomic E-state index is -0.931. The summed E-state index contributed by atoms with van der Waals surface area (Å²) >= 11 is 0. The van der Waals surface area contributed by atoms with Crippen LogP contribution in [0.1, 0.15) is 18.5 Å². The van der Waals surface area contributed by atoms with Gasteiger partial charge in [0.2, 0.25) is 0 Å². The second kappa shape index (κ2) is 4.59. The molecule has 1 N–H and O–H groups in total. The summed E-state index contributed by atoms with van der Waals surface area (Å²) in [4.78, 5) is 26.8. The van der Waals surface area contributed by atoms with E-state index in [1.165, 1.54) is 12.1 Å². The molecule has 1 saturated carbocycles. The first kappa shape index (κ1) is 12.3. The molecule has 0 radical (unpaired) electrons. The molecule has 0 unspecified atom stereocenters. The number of hydrogen-bond acceptors (Lipinski definition) is 5. The van der Waals surface area contributed by atoms with Crippen LogP contribution in [0, 0.1) is 17.0 Å². The number of aromatic nitrogens is 1. The summed E-state index contributed by atoms with van der Waals surface area (Å²) in [6.07, 6.45) is 1.87. The average molecular weight is 251 g/mol. The number of aliphatic carboxylic acids is 1. The molecule has 0 aliphatic heterocycles. The van der Waals surface area contributed by atoms with E-state index < -0.39 is 10.9 Å². The topological polar surface area (TPSA) is 96.6 Å². The number of pyridine rings is 1. The van der Waals surface area contributed by atoms with Crippen LogP contribution in [0.5, 0.6) is 0 Å². The molecule has 1 fully saturated rings. The first-order valence-corrected chi connectivity index (χ1v) is 5.59. The summed E-state index contributed by atoms with van der Waals surface area (Å²) in [7, 11) is 0. The van der Waals surface area contributed by atoms with E-state index in [4.69, 9.17) is 5.11 Å². The van der Waals surface area contributed by atoms with Gasteiger partial charge in [0.25, 0.3) is 5.69 Å². The Kier molecular flexibility index (Phi) is 3.14. The highest BCUT2D eigenvalue weighted by molar-refractivity contribution is 5.73. The zero-order chi connectivity index (χ0) is 13.3. The number of nitrogens with zero attached hydrogens (tertiary/aromatic N) is 3. The highest BCUT2D eigenvalue weighted by Gasteiger charge is 2.31. The molecule has 7 heteroatoms. The highest BCUT2D eigenvalue weighted by Crippen LogP contribution is 2.31. The maximum atomic E-state index is 10.8. The van der Waals surface area contributed by atoms with Crippen LogP contribution < -0.4 is 4.90 Å². The van der Waals surface area contributed by atoms with E-state index in [1.807, 2.05) is 0 Å². The maximum absolute atomic E-state index is 10.8. The first-order valence-electron chi connectivity index (χ1n) is 5.59. The molecule has 18 heavy (non-hydrogen) atoms.